The van der Waals surface area contributed by atoms with Crippen LogP contribution in [0.25, 0.3) is 0 Å². The van der Waals surface area contributed by atoms with Crippen molar-refractivity contribution in [1.82, 2.24) is 4.90 Å². The molecule has 0 heterocycles. The number of carbonyl (C=O) groups excluding carboxylic acids is 1. The highest BCUT2D eigenvalue weighted by atomic mass is 16.5. The Morgan fingerprint density at radius 3 is 2.78 bits per heavy atom. The second kappa shape index (κ2) is 8.34. The Bertz CT molecular complexity index is 516. The average molecular weight is 318 g/mol. The van der Waals surface area contributed by atoms with Crippen molar-refractivity contribution in [2.45, 2.75) is 65.2 Å². The molecule has 1 aromatic rings. The van der Waals surface area contributed by atoms with E-state index in [-0.39, 0.29) is 12.1 Å². The van der Waals surface area contributed by atoms with Gasteiger partial charge in [-0.05, 0) is 50.3 Å². The van der Waals surface area contributed by atoms with Gasteiger partial charge >= 0.3 is 6.03 Å². The van der Waals surface area contributed by atoms with Crippen molar-refractivity contribution in [3.63, 3.8) is 0 Å². The quantitative estimate of drug-likeness (QED) is 0.858. The Labute approximate surface area is 140 Å². The molecule has 0 aromatic heterocycles. The SMILES string of the molecule is CC(C)OCc1cccc(NC(=O)N(C)C2CCCCC2C)c1. The van der Waals surface area contributed by atoms with E-state index in [1.165, 1.54) is 19.3 Å². The van der Waals surface area contributed by atoms with Crippen LogP contribution in [0.4, 0.5) is 10.5 Å². The molecular weight excluding hydrogens is 288 g/mol. The number of amides is 2. The highest BCUT2D eigenvalue weighted by molar-refractivity contribution is 5.89. The molecule has 0 aliphatic heterocycles. The molecule has 0 radical (unpaired) electrons. The fraction of sp³-hybridized carbons (Fsp3) is 0.632. The van der Waals surface area contributed by atoms with Gasteiger partial charge in [-0.25, -0.2) is 4.79 Å². The minimum Gasteiger partial charge on any atom is -0.374 e. The molecule has 0 spiro atoms. The van der Waals surface area contributed by atoms with Gasteiger partial charge < -0.3 is 15.0 Å². The molecule has 1 aliphatic carbocycles. The number of rotatable bonds is 5. The van der Waals surface area contributed by atoms with Gasteiger partial charge in [-0.2, -0.15) is 0 Å². The number of nitrogens with zero attached hydrogens (tertiary/aromatic N) is 1. The number of nitrogens with one attached hydrogen (secondary N) is 1. The van der Waals surface area contributed by atoms with Crippen LogP contribution in [0.2, 0.25) is 0 Å². The topological polar surface area (TPSA) is 41.6 Å². The van der Waals surface area contributed by atoms with E-state index in [0.717, 1.165) is 17.7 Å². The molecule has 128 valence electrons. The number of ether oxygens (including phenoxy) is 1. The predicted molar refractivity (Wildman–Crippen MR) is 94.6 cm³/mol. The number of carbonyl (C=O) groups is 1. The molecule has 1 saturated carbocycles. The molecule has 2 atom stereocenters. The van der Waals surface area contributed by atoms with E-state index in [0.29, 0.717) is 18.6 Å². The molecule has 2 amide bonds. The van der Waals surface area contributed by atoms with E-state index in [1.54, 1.807) is 0 Å². The monoisotopic (exact) mass is 318 g/mol. The van der Waals surface area contributed by atoms with Gasteiger partial charge in [0.05, 0.1) is 12.7 Å². The van der Waals surface area contributed by atoms with Gasteiger partial charge in [-0.15, -0.1) is 0 Å². The largest absolute Gasteiger partial charge is 0.374 e. The molecular formula is C19H30N2O2. The fourth-order valence-corrected chi connectivity index (χ4v) is 3.24. The van der Waals surface area contributed by atoms with Gasteiger partial charge in [0, 0.05) is 18.8 Å². The zero-order valence-corrected chi connectivity index (χ0v) is 14.8. The normalized spacial score (nSPS) is 21.3. The fourth-order valence-electron chi connectivity index (χ4n) is 3.24. The molecule has 4 nitrogen and oxygen atoms in total. The third kappa shape index (κ3) is 5.24. The molecule has 1 N–H and O–H groups in total. The summed E-state index contributed by atoms with van der Waals surface area (Å²) in [6.45, 7) is 6.85. The Kier molecular flexibility index (Phi) is 6.46. The standard InChI is InChI=1S/C19H30N2O2/c1-14(2)23-13-16-9-7-10-17(12-16)20-19(22)21(4)18-11-6-5-8-15(18)3/h7,9-10,12,14-15,18H,5-6,8,11,13H2,1-4H3,(H,20,22). The second-order valence-electron chi connectivity index (χ2n) is 6.93. The van der Waals surface area contributed by atoms with E-state index in [4.69, 9.17) is 4.74 Å². The zero-order valence-electron chi connectivity index (χ0n) is 14.8. The minimum atomic E-state index is -0.0225. The van der Waals surface area contributed by atoms with Crippen LogP contribution in [0, 0.1) is 5.92 Å². The number of hydrogen-bond acceptors (Lipinski definition) is 2. The lowest BCUT2D eigenvalue weighted by Crippen LogP contribution is -2.44. The Morgan fingerprint density at radius 1 is 1.35 bits per heavy atom. The summed E-state index contributed by atoms with van der Waals surface area (Å²) < 4.78 is 5.62. The lowest BCUT2D eigenvalue weighted by atomic mass is 9.85. The van der Waals surface area contributed by atoms with Crippen molar-refractivity contribution in [3.05, 3.63) is 29.8 Å². The van der Waals surface area contributed by atoms with Crippen molar-refractivity contribution in [2.75, 3.05) is 12.4 Å². The Hall–Kier alpha value is -1.55. The molecule has 2 unspecified atom stereocenters. The second-order valence-corrected chi connectivity index (χ2v) is 6.93. The first-order chi connectivity index (χ1) is 11.0. The number of anilines is 1. The first kappa shape index (κ1) is 17.8. The van der Waals surface area contributed by atoms with Crippen LogP contribution < -0.4 is 5.32 Å². The lowest BCUT2D eigenvalue weighted by Gasteiger charge is -2.36. The summed E-state index contributed by atoms with van der Waals surface area (Å²) in [4.78, 5) is 14.4. The Balaban J connectivity index is 1.95. The molecule has 1 aromatic carbocycles. The van der Waals surface area contributed by atoms with Crippen LogP contribution in [-0.2, 0) is 11.3 Å². The molecule has 1 aliphatic rings. The molecule has 0 saturated heterocycles. The molecule has 4 heteroatoms. The summed E-state index contributed by atoms with van der Waals surface area (Å²) in [6.07, 6.45) is 5.02. The first-order valence-electron chi connectivity index (χ1n) is 8.71. The average Bonchev–Trinajstić information content (AvgIpc) is 2.53. The van der Waals surface area contributed by atoms with Crippen LogP contribution in [0.5, 0.6) is 0 Å². The summed E-state index contributed by atoms with van der Waals surface area (Å²) >= 11 is 0. The maximum absolute atomic E-state index is 12.5. The van der Waals surface area contributed by atoms with E-state index >= 15 is 0 Å². The third-order valence-corrected chi connectivity index (χ3v) is 4.65. The number of benzene rings is 1. The van der Waals surface area contributed by atoms with Crippen LogP contribution in [-0.4, -0.2) is 30.1 Å². The van der Waals surface area contributed by atoms with E-state index in [1.807, 2.05) is 50.1 Å². The van der Waals surface area contributed by atoms with Crippen molar-refractivity contribution in [2.24, 2.45) is 5.92 Å². The van der Waals surface area contributed by atoms with Gasteiger partial charge in [0.15, 0.2) is 0 Å². The van der Waals surface area contributed by atoms with E-state index < -0.39 is 0 Å². The van der Waals surface area contributed by atoms with Crippen molar-refractivity contribution in [3.8, 4) is 0 Å². The maximum Gasteiger partial charge on any atom is 0.321 e. The van der Waals surface area contributed by atoms with Crippen molar-refractivity contribution >= 4 is 11.7 Å². The highest BCUT2D eigenvalue weighted by Crippen LogP contribution is 2.27. The van der Waals surface area contributed by atoms with E-state index in [9.17, 15) is 4.79 Å². The lowest BCUT2D eigenvalue weighted by molar-refractivity contribution is 0.0657. The molecule has 0 bridgehead atoms. The molecule has 23 heavy (non-hydrogen) atoms. The summed E-state index contributed by atoms with van der Waals surface area (Å²) in [6, 6.07) is 8.21. The van der Waals surface area contributed by atoms with Gasteiger partial charge in [0.25, 0.3) is 0 Å². The summed E-state index contributed by atoms with van der Waals surface area (Å²) in [5.41, 5.74) is 1.90. The van der Waals surface area contributed by atoms with E-state index in [2.05, 4.69) is 12.2 Å². The smallest absolute Gasteiger partial charge is 0.321 e. The van der Waals surface area contributed by atoms with Gasteiger partial charge in [-0.3, -0.25) is 0 Å². The third-order valence-electron chi connectivity index (χ3n) is 4.65. The summed E-state index contributed by atoms with van der Waals surface area (Å²) in [5, 5.41) is 3.02. The van der Waals surface area contributed by atoms with Gasteiger partial charge in [-0.1, -0.05) is 31.9 Å². The van der Waals surface area contributed by atoms with Gasteiger partial charge in [0.2, 0.25) is 0 Å². The number of hydrogen-bond donors (Lipinski definition) is 1. The van der Waals surface area contributed by atoms with Crippen LogP contribution in [0.15, 0.2) is 24.3 Å². The molecule has 2 rings (SSSR count). The molecule has 1 fully saturated rings. The van der Waals surface area contributed by atoms with Crippen LogP contribution >= 0.6 is 0 Å². The number of urea groups is 1. The summed E-state index contributed by atoms with van der Waals surface area (Å²) in [5.74, 6) is 0.574. The zero-order chi connectivity index (χ0) is 16.8. The maximum atomic E-state index is 12.5. The van der Waals surface area contributed by atoms with Crippen LogP contribution in [0.1, 0.15) is 52.0 Å². The minimum absolute atomic E-state index is 0.0225. The highest BCUT2D eigenvalue weighted by Gasteiger charge is 2.27. The van der Waals surface area contributed by atoms with Crippen molar-refractivity contribution < 1.29 is 9.53 Å². The predicted octanol–water partition coefficient (Wildman–Crippen LogP) is 4.65. The van der Waals surface area contributed by atoms with Crippen LogP contribution in [0.3, 0.4) is 0 Å². The Morgan fingerprint density at radius 2 is 2.09 bits per heavy atom. The van der Waals surface area contributed by atoms with Crippen molar-refractivity contribution in [1.29, 1.82) is 0 Å². The van der Waals surface area contributed by atoms with Gasteiger partial charge in [0.1, 0.15) is 0 Å². The summed E-state index contributed by atoms with van der Waals surface area (Å²) in [7, 11) is 1.91. The first-order valence-corrected chi connectivity index (χ1v) is 8.71.